The van der Waals surface area contributed by atoms with Crippen LogP contribution in [0.3, 0.4) is 0 Å². The molecule has 2 heterocycles. The van der Waals surface area contributed by atoms with Crippen molar-refractivity contribution < 1.29 is 0 Å². The van der Waals surface area contributed by atoms with E-state index in [1.807, 2.05) is 0 Å². The molecule has 1 atom stereocenters. The van der Waals surface area contributed by atoms with Crippen molar-refractivity contribution in [3.63, 3.8) is 0 Å². The summed E-state index contributed by atoms with van der Waals surface area (Å²) in [5, 5.41) is 4.97. The molecule has 3 heteroatoms. The van der Waals surface area contributed by atoms with Crippen LogP contribution in [0.2, 0.25) is 0 Å². The van der Waals surface area contributed by atoms with Crippen LogP contribution in [0.5, 0.6) is 0 Å². The second-order valence-electron chi connectivity index (χ2n) is 19.6. The number of nitrogens with zero attached hydrogens (tertiary/aromatic N) is 3. The highest BCUT2D eigenvalue weighted by molar-refractivity contribution is 6.12. The molecule has 0 saturated heterocycles. The first kappa shape index (κ1) is 44.0. The molecule has 2 aromatic heterocycles. The zero-order chi connectivity index (χ0) is 49.7. The van der Waals surface area contributed by atoms with Gasteiger partial charge in [-0.25, -0.2) is 0 Å². The number of aromatic nitrogens is 2. The van der Waals surface area contributed by atoms with Crippen molar-refractivity contribution >= 4 is 66.1 Å². The highest BCUT2D eigenvalue weighted by atomic mass is 15.2. The molecule has 14 rings (SSSR count). The third kappa shape index (κ3) is 7.85. The minimum Gasteiger partial charge on any atom is -0.334 e. The Kier molecular flexibility index (Phi) is 11.0. The highest BCUT2D eigenvalue weighted by Crippen LogP contribution is 2.45. The van der Waals surface area contributed by atoms with Gasteiger partial charge in [-0.05, 0) is 147 Å². The Balaban J connectivity index is 0.921. The molecule has 13 aromatic rings. The Morgan fingerprint density at radius 2 is 0.747 bits per heavy atom. The van der Waals surface area contributed by atoms with Gasteiger partial charge in [0.05, 0.1) is 28.1 Å². The molecule has 3 nitrogen and oxygen atoms in total. The van der Waals surface area contributed by atoms with Crippen LogP contribution in [0.4, 0.5) is 11.4 Å². The van der Waals surface area contributed by atoms with Crippen LogP contribution in [0.15, 0.2) is 291 Å². The number of hydrogen-bond acceptors (Lipinski definition) is 1. The van der Waals surface area contributed by atoms with Crippen molar-refractivity contribution in [2.75, 3.05) is 4.90 Å². The van der Waals surface area contributed by atoms with E-state index in [2.05, 4.69) is 305 Å². The van der Waals surface area contributed by atoms with Crippen molar-refractivity contribution in [2.24, 2.45) is 0 Å². The smallest absolute Gasteiger partial charge is 0.0566 e. The van der Waals surface area contributed by atoms with Crippen LogP contribution in [0, 0.1) is 0 Å². The van der Waals surface area contributed by atoms with E-state index in [1.54, 1.807) is 0 Å². The van der Waals surface area contributed by atoms with Gasteiger partial charge in [-0.3, -0.25) is 0 Å². The topological polar surface area (TPSA) is 13.1 Å². The van der Waals surface area contributed by atoms with Gasteiger partial charge in [-0.1, -0.05) is 206 Å². The summed E-state index contributed by atoms with van der Waals surface area (Å²) in [5.74, 6) is 0. The summed E-state index contributed by atoms with van der Waals surface area (Å²) in [6, 6.07) is 102. The summed E-state index contributed by atoms with van der Waals surface area (Å²) in [4.78, 5) is 2.56. The van der Waals surface area contributed by atoms with E-state index in [0.717, 1.165) is 29.2 Å². The fourth-order valence-corrected chi connectivity index (χ4v) is 11.8. The van der Waals surface area contributed by atoms with E-state index in [-0.39, 0.29) is 6.04 Å². The van der Waals surface area contributed by atoms with Gasteiger partial charge in [0.1, 0.15) is 0 Å². The standard InChI is InChI=1S/C72H51N3/c1-6-20-50(21-7-1)51-34-38-58(39-35-51)73(59-40-42-61(65(48-59)52-22-8-2-9-23-52)54-36-44-71-67(46-54)63-30-16-18-32-69(63)74(71)56-26-12-4-13-27-56)60-41-43-62(66(49-60)53-24-10-3-11-25-53)55-37-45-72-68(47-55)64-31-17-19-33-70(64)75(72)57-28-14-5-15-29-57/h1-48,60H,49H2. The zero-order valence-corrected chi connectivity index (χ0v) is 41.3. The molecule has 1 unspecified atom stereocenters. The maximum absolute atomic E-state index is 2.56. The lowest BCUT2D eigenvalue weighted by atomic mass is 9.84. The number of fused-ring (bicyclic) bond motifs is 6. The first-order valence-electron chi connectivity index (χ1n) is 26.0. The largest absolute Gasteiger partial charge is 0.334 e. The maximum atomic E-state index is 2.56. The average Bonchev–Trinajstić information content (AvgIpc) is 4.04. The van der Waals surface area contributed by atoms with E-state index in [0.29, 0.717) is 0 Å². The van der Waals surface area contributed by atoms with Crippen LogP contribution in [-0.2, 0) is 0 Å². The maximum Gasteiger partial charge on any atom is 0.0566 e. The molecule has 0 spiro atoms. The van der Waals surface area contributed by atoms with Crippen molar-refractivity contribution in [1.29, 1.82) is 0 Å². The number of para-hydroxylation sites is 4. The van der Waals surface area contributed by atoms with Gasteiger partial charge in [0.15, 0.2) is 0 Å². The fraction of sp³-hybridized carbons (Fsp3) is 0.0278. The number of benzene rings is 11. The van der Waals surface area contributed by atoms with E-state index in [1.165, 1.54) is 99.3 Å². The molecule has 0 bridgehead atoms. The molecule has 0 saturated carbocycles. The quantitative estimate of drug-likeness (QED) is 0.133. The summed E-state index contributed by atoms with van der Waals surface area (Å²) >= 11 is 0. The lowest BCUT2D eigenvalue weighted by Crippen LogP contribution is -2.31. The van der Waals surface area contributed by atoms with E-state index in [4.69, 9.17) is 0 Å². The molecule has 75 heavy (non-hydrogen) atoms. The summed E-state index contributed by atoms with van der Waals surface area (Å²) in [7, 11) is 0. The molecule has 0 amide bonds. The minimum absolute atomic E-state index is 0.00908. The summed E-state index contributed by atoms with van der Waals surface area (Å²) in [6.07, 6.45) is 5.63. The molecule has 1 aliphatic carbocycles. The lowest BCUT2D eigenvalue weighted by Gasteiger charge is -2.36. The van der Waals surface area contributed by atoms with Gasteiger partial charge in [0, 0.05) is 44.3 Å². The van der Waals surface area contributed by atoms with Gasteiger partial charge in [0.2, 0.25) is 0 Å². The van der Waals surface area contributed by atoms with Gasteiger partial charge in [0.25, 0.3) is 0 Å². The molecule has 1 aliphatic rings. The first-order valence-corrected chi connectivity index (χ1v) is 26.0. The van der Waals surface area contributed by atoms with Crippen molar-refractivity contribution in [3.8, 4) is 44.8 Å². The van der Waals surface area contributed by atoms with Crippen molar-refractivity contribution in [3.05, 3.63) is 302 Å². The normalized spacial score (nSPS) is 13.6. The molecule has 11 aromatic carbocycles. The lowest BCUT2D eigenvalue weighted by molar-refractivity contribution is 0.797. The summed E-state index contributed by atoms with van der Waals surface area (Å²) < 4.78 is 4.78. The Labute approximate surface area is 437 Å². The number of rotatable bonds is 10. The SMILES string of the molecule is C1=CC(N(c2ccc(-c3ccccc3)cc2)c2ccc(-c3ccc4c(c3)c3ccccc3n4-c3ccccc3)c(-c3ccccc3)c2)CC(c2ccccc2)=C1c1ccc2c(c1)c1ccccc1n2-c1ccccc1. The fourth-order valence-electron chi connectivity index (χ4n) is 11.8. The zero-order valence-electron chi connectivity index (χ0n) is 41.3. The second kappa shape index (κ2) is 18.7. The van der Waals surface area contributed by atoms with Gasteiger partial charge < -0.3 is 14.0 Å². The molecule has 0 aliphatic heterocycles. The third-order valence-corrected chi connectivity index (χ3v) is 15.3. The molecule has 0 radical (unpaired) electrons. The average molecular weight is 958 g/mol. The Morgan fingerprint density at radius 3 is 1.33 bits per heavy atom. The van der Waals surface area contributed by atoms with Crippen LogP contribution in [-0.4, -0.2) is 15.2 Å². The van der Waals surface area contributed by atoms with E-state index in [9.17, 15) is 0 Å². The van der Waals surface area contributed by atoms with E-state index < -0.39 is 0 Å². The minimum atomic E-state index is -0.00908. The third-order valence-electron chi connectivity index (χ3n) is 15.3. The molecule has 0 fully saturated rings. The number of hydrogen-bond donors (Lipinski definition) is 0. The Morgan fingerprint density at radius 1 is 0.307 bits per heavy atom. The van der Waals surface area contributed by atoms with Crippen molar-refractivity contribution in [2.45, 2.75) is 12.5 Å². The molecule has 354 valence electrons. The van der Waals surface area contributed by atoms with Gasteiger partial charge >= 0.3 is 0 Å². The highest BCUT2D eigenvalue weighted by Gasteiger charge is 2.28. The number of anilines is 2. The van der Waals surface area contributed by atoms with Crippen LogP contribution in [0.25, 0.3) is 99.5 Å². The molecular formula is C72H51N3. The van der Waals surface area contributed by atoms with Gasteiger partial charge in [-0.2, -0.15) is 0 Å². The predicted octanol–water partition coefficient (Wildman–Crippen LogP) is 19.0. The van der Waals surface area contributed by atoms with E-state index >= 15 is 0 Å². The predicted molar refractivity (Wildman–Crippen MR) is 317 cm³/mol. The Hall–Kier alpha value is -9.70. The second-order valence-corrected chi connectivity index (χ2v) is 19.6. The van der Waals surface area contributed by atoms with Crippen LogP contribution >= 0.6 is 0 Å². The van der Waals surface area contributed by atoms with Crippen LogP contribution in [0.1, 0.15) is 17.5 Å². The number of allylic oxidation sites excluding steroid dienone is 2. The van der Waals surface area contributed by atoms with Crippen LogP contribution < -0.4 is 4.90 Å². The summed E-state index contributed by atoms with van der Waals surface area (Å²) in [5.41, 5.74) is 21.5. The molecule has 0 N–H and O–H groups in total. The first-order chi connectivity index (χ1) is 37.2. The Bertz CT molecular complexity index is 4280. The van der Waals surface area contributed by atoms with Crippen molar-refractivity contribution in [1.82, 2.24) is 9.13 Å². The molecular weight excluding hydrogens is 907 g/mol. The summed E-state index contributed by atoms with van der Waals surface area (Å²) in [6.45, 7) is 0. The van der Waals surface area contributed by atoms with Gasteiger partial charge in [-0.15, -0.1) is 0 Å². The monoisotopic (exact) mass is 957 g/mol.